The number of nitrogens with zero attached hydrogens (tertiary/aromatic N) is 2. The van der Waals surface area contributed by atoms with Crippen LogP contribution >= 0.6 is 11.6 Å². The summed E-state index contributed by atoms with van der Waals surface area (Å²) in [7, 11) is 0. The van der Waals surface area contributed by atoms with Gasteiger partial charge in [-0.25, -0.2) is 0 Å². The first-order chi connectivity index (χ1) is 13.8. The molecule has 1 saturated carbocycles. The number of piperazine rings is 1. The van der Waals surface area contributed by atoms with Gasteiger partial charge in [0.25, 0.3) is 0 Å². The lowest BCUT2D eigenvalue weighted by atomic mass is 9.75. The van der Waals surface area contributed by atoms with Crippen molar-refractivity contribution in [2.24, 2.45) is 17.8 Å². The molecule has 3 rings (SSSR count). The van der Waals surface area contributed by atoms with Gasteiger partial charge in [0, 0.05) is 43.4 Å². The molecule has 0 bridgehead atoms. The Balaban J connectivity index is 1.43. The molecule has 1 aromatic rings. The number of hydrogen-bond acceptors (Lipinski definition) is 4. The van der Waals surface area contributed by atoms with Gasteiger partial charge in [-0.2, -0.15) is 0 Å². The quantitative estimate of drug-likeness (QED) is 0.696. The number of rotatable bonds is 7. The monoisotopic (exact) mass is 422 g/mol. The van der Waals surface area contributed by atoms with Crippen LogP contribution in [0.3, 0.4) is 0 Å². The summed E-state index contributed by atoms with van der Waals surface area (Å²) in [5.41, 5.74) is 2.49. The minimum absolute atomic E-state index is 0.302. The molecule has 1 N–H and O–H groups in total. The van der Waals surface area contributed by atoms with Gasteiger partial charge in [0.2, 0.25) is 0 Å². The molecule has 2 fully saturated rings. The number of anilines is 1. The molecule has 1 saturated heterocycles. The summed E-state index contributed by atoms with van der Waals surface area (Å²) in [5, 5.41) is 11.4. The van der Waals surface area contributed by atoms with Crippen LogP contribution in [-0.2, 0) is 4.74 Å². The Labute approximate surface area is 182 Å². The van der Waals surface area contributed by atoms with E-state index in [9.17, 15) is 5.11 Å². The maximum Gasteiger partial charge on any atom is 0.0900 e. The minimum atomic E-state index is -0.417. The largest absolute Gasteiger partial charge is 0.389 e. The van der Waals surface area contributed by atoms with Crippen LogP contribution in [0, 0.1) is 24.7 Å². The van der Waals surface area contributed by atoms with E-state index in [0.717, 1.165) is 43.5 Å². The molecule has 2 aliphatic rings. The van der Waals surface area contributed by atoms with E-state index in [1.165, 1.54) is 24.1 Å². The molecule has 29 heavy (non-hydrogen) atoms. The summed E-state index contributed by atoms with van der Waals surface area (Å²) in [6.45, 7) is 14.0. The van der Waals surface area contributed by atoms with Crippen LogP contribution in [0.15, 0.2) is 18.2 Å². The van der Waals surface area contributed by atoms with E-state index < -0.39 is 6.10 Å². The normalized spacial score (nSPS) is 27.4. The minimum Gasteiger partial charge on any atom is -0.389 e. The van der Waals surface area contributed by atoms with Crippen molar-refractivity contribution in [1.82, 2.24) is 4.90 Å². The fraction of sp³-hybridized carbons (Fsp3) is 0.750. The maximum absolute atomic E-state index is 10.6. The van der Waals surface area contributed by atoms with Crippen LogP contribution in [-0.4, -0.2) is 61.5 Å². The van der Waals surface area contributed by atoms with Crippen molar-refractivity contribution >= 4 is 17.3 Å². The predicted molar refractivity (Wildman–Crippen MR) is 122 cm³/mol. The van der Waals surface area contributed by atoms with Gasteiger partial charge in [-0.1, -0.05) is 44.9 Å². The van der Waals surface area contributed by atoms with Gasteiger partial charge in [0.15, 0.2) is 0 Å². The number of halogens is 1. The van der Waals surface area contributed by atoms with Gasteiger partial charge in [-0.15, -0.1) is 0 Å². The number of benzene rings is 1. The highest BCUT2D eigenvalue weighted by molar-refractivity contribution is 6.30. The highest BCUT2D eigenvalue weighted by Gasteiger charge is 2.32. The van der Waals surface area contributed by atoms with Crippen molar-refractivity contribution in [3.63, 3.8) is 0 Å². The van der Waals surface area contributed by atoms with Crippen molar-refractivity contribution in [2.45, 2.75) is 59.2 Å². The molecule has 1 aliphatic heterocycles. The van der Waals surface area contributed by atoms with E-state index in [-0.39, 0.29) is 0 Å². The predicted octanol–water partition coefficient (Wildman–Crippen LogP) is 4.61. The smallest absolute Gasteiger partial charge is 0.0900 e. The topological polar surface area (TPSA) is 35.9 Å². The van der Waals surface area contributed by atoms with E-state index >= 15 is 0 Å². The van der Waals surface area contributed by atoms with Crippen molar-refractivity contribution in [3.8, 4) is 0 Å². The molecule has 0 amide bonds. The third-order valence-electron chi connectivity index (χ3n) is 6.82. The highest BCUT2D eigenvalue weighted by Crippen LogP contribution is 2.35. The first-order valence-electron chi connectivity index (χ1n) is 11.4. The zero-order valence-corrected chi connectivity index (χ0v) is 19.4. The summed E-state index contributed by atoms with van der Waals surface area (Å²) in [6, 6.07) is 6.09. The molecular weight excluding hydrogens is 384 g/mol. The Morgan fingerprint density at radius 2 is 1.90 bits per heavy atom. The second kappa shape index (κ2) is 10.5. The summed E-state index contributed by atoms with van der Waals surface area (Å²) < 4.78 is 6.25. The van der Waals surface area contributed by atoms with Crippen molar-refractivity contribution in [2.75, 3.05) is 44.2 Å². The van der Waals surface area contributed by atoms with E-state index in [0.29, 0.717) is 31.1 Å². The molecule has 4 unspecified atom stereocenters. The van der Waals surface area contributed by atoms with Crippen molar-refractivity contribution < 1.29 is 9.84 Å². The van der Waals surface area contributed by atoms with E-state index in [4.69, 9.17) is 16.3 Å². The molecule has 4 nitrogen and oxygen atoms in total. The first kappa shape index (κ1) is 22.9. The summed E-state index contributed by atoms with van der Waals surface area (Å²) in [5.74, 6) is 2.01. The number of aliphatic hydroxyl groups is 1. The number of hydrogen-bond donors (Lipinski definition) is 1. The fourth-order valence-corrected chi connectivity index (χ4v) is 5.15. The third kappa shape index (κ3) is 6.33. The summed E-state index contributed by atoms with van der Waals surface area (Å²) >= 11 is 6.19. The Bertz CT molecular complexity index is 646. The molecule has 0 aromatic heterocycles. The van der Waals surface area contributed by atoms with Crippen LogP contribution in [0.25, 0.3) is 0 Å². The molecular formula is C24H39ClN2O2. The van der Waals surface area contributed by atoms with Gasteiger partial charge >= 0.3 is 0 Å². The van der Waals surface area contributed by atoms with Crippen LogP contribution in [0.4, 0.5) is 5.69 Å². The van der Waals surface area contributed by atoms with Crippen LogP contribution in [0.5, 0.6) is 0 Å². The average molecular weight is 423 g/mol. The molecule has 1 aliphatic carbocycles. The summed E-state index contributed by atoms with van der Waals surface area (Å²) in [4.78, 5) is 4.76. The van der Waals surface area contributed by atoms with E-state index in [1.807, 2.05) is 6.07 Å². The second-order valence-corrected chi connectivity index (χ2v) is 10.0. The van der Waals surface area contributed by atoms with Gasteiger partial charge in [-0.3, -0.25) is 4.90 Å². The zero-order valence-electron chi connectivity index (χ0n) is 18.6. The number of β-amino-alcohol motifs (C(OH)–C–C–N with tert-alkyl or cyclic N) is 1. The molecule has 164 valence electrons. The van der Waals surface area contributed by atoms with Gasteiger partial charge in [-0.05, 0) is 55.2 Å². The van der Waals surface area contributed by atoms with Gasteiger partial charge < -0.3 is 14.7 Å². The molecule has 1 aromatic carbocycles. The fourth-order valence-electron chi connectivity index (χ4n) is 4.99. The van der Waals surface area contributed by atoms with Crippen LogP contribution in [0.1, 0.15) is 45.6 Å². The van der Waals surface area contributed by atoms with Crippen LogP contribution < -0.4 is 4.90 Å². The number of aryl methyl sites for hydroxylation is 1. The first-order valence-corrected chi connectivity index (χ1v) is 11.7. The third-order valence-corrected chi connectivity index (χ3v) is 7.05. The molecule has 5 heteroatoms. The van der Waals surface area contributed by atoms with Crippen molar-refractivity contribution in [3.05, 3.63) is 28.8 Å². The lowest BCUT2D eigenvalue weighted by Gasteiger charge is -2.39. The standard InChI is InChI=1S/C24H39ClN2O2/c1-17(2)22-8-5-18(3)13-24(22)29-16-21(28)15-26-9-11-27(12-10-26)23-14-20(25)7-6-19(23)4/h6-7,14,17-18,21-22,24,28H,5,8-13,15-16H2,1-4H3. The second-order valence-electron chi connectivity index (χ2n) is 9.57. The van der Waals surface area contributed by atoms with Crippen LogP contribution in [0.2, 0.25) is 5.02 Å². The summed E-state index contributed by atoms with van der Waals surface area (Å²) in [6.07, 6.45) is 3.58. The number of aliphatic hydroxyl groups excluding tert-OH is 1. The Kier molecular flexibility index (Phi) is 8.26. The lowest BCUT2D eigenvalue weighted by molar-refractivity contribution is -0.0740. The SMILES string of the molecule is Cc1ccc(Cl)cc1N1CCN(CC(O)COC2CC(C)CCC2C(C)C)CC1. The molecule has 0 radical (unpaired) electrons. The van der Waals surface area contributed by atoms with E-state index in [2.05, 4.69) is 49.6 Å². The molecule has 4 atom stereocenters. The lowest BCUT2D eigenvalue weighted by Crippen LogP contribution is -2.49. The van der Waals surface area contributed by atoms with Crippen molar-refractivity contribution in [1.29, 1.82) is 0 Å². The Hall–Kier alpha value is -0.810. The highest BCUT2D eigenvalue weighted by atomic mass is 35.5. The maximum atomic E-state index is 10.6. The average Bonchev–Trinajstić information content (AvgIpc) is 2.69. The van der Waals surface area contributed by atoms with E-state index in [1.54, 1.807) is 0 Å². The molecule has 0 spiro atoms. The Morgan fingerprint density at radius 3 is 2.59 bits per heavy atom. The Morgan fingerprint density at radius 1 is 1.17 bits per heavy atom. The molecule has 1 heterocycles. The zero-order chi connectivity index (χ0) is 21.0. The van der Waals surface area contributed by atoms with Gasteiger partial charge in [0.05, 0.1) is 18.8 Å². The number of ether oxygens (including phenoxy) is 1. The van der Waals surface area contributed by atoms with Gasteiger partial charge in [0.1, 0.15) is 0 Å².